The maximum absolute atomic E-state index is 13.1. The second kappa shape index (κ2) is 9.42. The van der Waals surface area contributed by atoms with Crippen LogP contribution in [-0.4, -0.2) is 35.9 Å². The Morgan fingerprint density at radius 3 is 2.51 bits per heavy atom. The molecule has 0 aliphatic heterocycles. The molecule has 35 heavy (non-hydrogen) atoms. The van der Waals surface area contributed by atoms with Crippen molar-refractivity contribution in [2.24, 2.45) is 7.05 Å². The summed E-state index contributed by atoms with van der Waals surface area (Å²) in [5.74, 6) is 0.825. The highest BCUT2D eigenvalue weighted by molar-refractivity contribution is 7.98. The lowest BCUT2D eigenvalue weighted by Crippen LogP contribution is -2.21. The molecule has 1 aromatic carbocycles. The summed E-state index contributed by atoms with van der Waals surface area (Å²) >= 11 is 1.68. The molecule has 5 rings (SSSR count). The minimum atomic E-state index is -0.736. The van der Waals surface area contributed by atoms with Crippen molar-refractivity contribution >= 4 is 22.7 Å². The van der Waals surface area contributed by atoms with Gasteiger partial charge in [-0.2, -0.15) is 16.9 Å². The molecule has 0 saturated heterocycles. The average molecular weight is 490 g/mol. The van der Waals surface area contributed by atoms with E-state index in [1.807, 2.05) is 48.9 Å². The number of nitrogens with zero attached hydrogens (tertiary/aromatic N) is 4. The van der Waals surface area contributed by atoms with E-state index in [4.69, 9.17) is 0 Å². The van der Waals surface area contributed by atoms with Crippen LogP contribution in [0.25, 0.3) is 44.4 Å². The van der Waals surface area contributed by atoms with Crippen LogP contribution in [0.2, 0.25) is 0 Å². The zero-order chi connectivity index (χ0) is 24.5. The van der Waals surface area contributed by atoms with Gasteiger partial charge >= 0.3 is 0 Å². The van der Waals surface area contributed by atoms with Gasteiger partial charge in [-0.1, -0.05) is 30.3 Å². The fourth-order valence-corrected chi connectivity index (χ4v) is 4.66. The van der Waals surface area contributed by atoms with Crippen LogP contribution in [-0.2, 0) is 20.4 Å². The van der Waals surface area contributed by atoms with Crippen molar-refractivity contribution in [3.05, 3.63) is 88.0 Å². The van der Waals surface area contributed by atoms with E-state index >= 15 is 0 Å². The van der Waals surface area contributed by atoms with Gasteiger partial charge in [0.2, 0.25) is 0 Å². The normalized spacial score (nSPS) is 11.4. The molecule has 9 heteroatoms. The largest absolute Gasteiger partial charge is 0.350 e. The van der Waals surface area contributed by atoms with Gasteiger partial charge < -0.3 is 14.1 Å². The van der Waals surface area contributed by atoms with Crippen LogP contribution in [0.15, 0.2) is 76.8 Å². The van der Waals surface area contributed by atoms with E-state index in [1.54, 1.807) is 48.0 Å². The summed E-state index contributed by atoms with van der Waals surface area (Å²) in [7, 11) is 1.69. The second-order valence-corrected chi connectivity index (χ2v) is 9.30. The summed E-state index contributed by atoms with van der Waals surface area (Å²) in [6, 6.07) is 13.4. The first-order valence-corrected chi connectivity index (χ1v) is 12.5. The van der Waals surface area contributed by atoms with Crippen molar-refractivity contribution in [1.82, 2.24) is 23.9 Å². The predicted molar refractivity (Wildman–Crippen MR) is 139 cm³/mol. The van der Waals surface area contributed by atoms with E-state index in [9.17, 15) is 14.0 Å². The highest BCUT2D eigenvalue weighted by Gasteiger charge is 2.18. The number of aryl methyl sites for hydroxylation is 2. The molecule has 0 bridgehead atoms. The number of hydrogen-bond donors (Lipinski definition) is 1. The number of rotatable bonds is 7. The van der Waals surface area contributed by atoms with Crippen LogP contribution < -0.4 is 11.1 Å². The van der Waals surface area contributed by atoms with Gasteiger partial charge in [0, 0.05) is 71.8 Å². The first-order chi connectivity index (χ1) is 17.0. The number of aromatic nitrogens is 5. The third-order valence-corrected chi connectivity index (χ3v) is 6.66. The number of H-pyrrole nitrogens is 1. The van der Waals surface area contributed by atoms with Crippen molar-refractivity contribution in [3.63, 3.8) is 0 Å². The molecule has 0 aliphatic carbocycles. The first-order valence-electron chi connectivity index (χ1n) is 11.1. The molecule has 1 N–H and O–H groups in total. The SMILES string of the molecule is CSCCn1cc(-c2ccccc2)c(-c2cn(C)c(=O)c3[nH]c(-c4cnn(CF)c4)cc23)cc1=O. The number of benzene rings is 1. The minimum absolute atomic E-state index is 0.101. The molecule has 0 atom stereocenters. The summed E-state index contributed by atoms with van der Waals surface area (Å²) in [5, 5.41) is 4.68. The third kappa shape index (κ3) is 4.23. The van der Waals surface area contributed by atoms with Crippen LogP contribution in [0.3, 0.4) is 0 Å². The van der Waals surface area contributed by atoms with E-state index < -0.39 is 6.80 Å². The molecule has 0 amide bonds. The van der Waals surface area contributed by atoms with E-state index in [0.29, 0.717) is 28.7 Å². The van der Waals surface area contributed by atoms with Crippen molar-refractivity contribution in [1.29, 1.82) is 0 Å². The van der Waals surface area contributed by atoms with Crippen molar-refractivity contribution in [2.75, 3.05) is 12.0 Å². The number of fused-ring (bicyclic) bond motifs is 1. The number of thioether (sulfide) groups is 1. The Kier molecular flexibility index (Phi) is 6.17. The zero-order valence-corrected chi connectivity index (χ0v) is 20.2. The molecular weight excluding hydrogens is 465 g/mol. The Morgan fingerprint density at radius 2 is 1.80 bits per heavy atom. The molecule has 0 saturated carbocycles. The Bertz CT molecular complexity index is 1630. The predicted octanol–water partition coefficient (Wildman–Crippen LogP) is 4.52. The summed E-state index contributed by atoms with van der Waals surface area (Å²) in [5.41, 5.74) is 4.82. The summed E-state index contributed by atoms with van der Waals surface area (Å²) < 4.78 is 17.4. The van der Waals surface area contributed by atoms with Gasteiger partial charge in [0.05, 0.1) is 6.20 Å². The lowest BCUT2D eigenvalue weighted by atomic mass is 9.95. The Morgan fingerprint density at radius 1 is 1.00 bits per heavy atom. The Labute approximate surface area is 204 Å². The summed E-state index contributed by atoms with van der Waals surface area (Å²) in [4.78, 5) is 29.3. The molecule has 0 fully saturated rings. The van der Waals surface area contributed by atoms with Crippen molar-refractivity contribution in [2.45, 2.75) is 13.3 Å². The number of alkyl halides is 1. The van der Waals surface area contributed by atoms with Crippen LogP contribution in [0.5, 0.6) is 0 Å². The lowest BCUT2D eigenvalue weighted by molar-refractivity contribution is 0.350. The molecule has 7 nitrogen and oxygen atoms in total. The monoisotopic (exact) mass is 489 g/mol. The number of pyridine rings is 2. The quantitative estimate of drug-likeness (QED) is 0.365. The van der Waals surface area contributed by atoms with Gasteiger partial charge in [0.25, 0.3) is 11.1 Å². The van der Waals surface area contributed by atoms with Gasteiger partial charge in [-0.3, -0.25) is 9.59 Å². The number of aromatic amines is 1. The number of halogens is 1. The van der Waals surface area contributed by atoms with Gasteiger partial charge in [-0.05, 0) is 23.4 Å². The van der Waals surface area contributed by atoms with Crippen LogP contribution >= 0.6 is 11.8 Å². The topological polar surface area (TPSA) is 77.6 Å². The second-order valence-electron chi connectivity index (χ2n) is 8.31. The Hall–Kier alpha value is -3.85. The molecule has 0 spiro atoms. The van der Waals surface area contributed by atoms with Crippen LogP contribution in [0, 0.1) is 0 Å². The molecule has 5 aromatic rings. The standard InChI is InChI=1S/C26H24FN5O2S/c1-30-14-22(20-10-23(29-25(20)26(30)34)18-12-28-32(13-18)16-27)19-11-24(33)31(8-9-35-2)15-21(19)17-6-4-3-5-7-17/h3-7,10-15,29H,8-9,16H2,1-2H3. The number of hydrogen-bond acceptors (Lipinski definition) is 4. The highest BCUT2D eigenvalue weighted by Crippen LogP contribution is 2.36. The van der Waals surface area contributed by atoms with E-state index in [2.05, 4.69) is 10.1 Å². The van der Waals surface area contributed by atoms with E-state index in [1.165, 1.54) is 9.25 Å². The number of nitrogens with one attached hydrogen (secondary N) is 1. The Balaban J connectivity index is 1.78. The molecule has 0 radical (unpaired) electrons. The van der Waals surface area contributed by atoms with Crippen LogP contribution in [0.4, 0.5) is 4.39 Å². The molecule has 4 heterocycles. The highest BCUT2D eigenvalue weighted by atomic mass is 32.2. The van der Waals surface area contributed by atoms with E-state index in [-0.39, 0.29) is 11.1 Å². The lowest BCUT2D eigenvalue weighted by Gasteiger charge is -2.15. The molecule has 4 aromatic heterocycles. The minimum Gasteiger partial charge on any atom is -0.350 e. The first kappa shape index (κ1) is 22.9. The maximum atomic E-state index is 13.1. The summed E-state index contributed by atoms with van der Waals surface area (Å²) in [6.07, 6.45) is 8.81. The fourth-order valence-electron chi connectivity index (χ4n) is 4.28. The van der Waals surface area contributed by atoms with Gasteiger partial charge in [0.1, 0.15) is 5.52 Å². The average Bonchev–Trinajstić information content (AvgIpc) is 3.53. The van der Waals surface area contributed by atoms with Crippen LogP contribution in [0.1, 0.15) is 0 Å². The maximum Gasteiger partial charge on any atom is 0.274 e. The van der Waals surface area contributed by atoms with E-state index in [0.717, 1.165) is 28.0 Å². The van der Waals surface area contributed by atoms with Crippen molar-refractivity contribution in [3.8, 4) is 33.5 Å². The smallest absolute Gasteiger partial charge is 0.274 e. The molecule has 0 unspecified atom stereocenters. The summed E-state index contributed by atoms with van der Waals surface area (Å²) in [6.45, 7) is -0.129. The van der Waals surface area contributed by atoms with Crippen molar-refractivity contribution < 1.29 is 4.39 Å². The fraction of sp³-hybridized carbons (Fsp3) is 0.192. The molecule has 0 aliphatic rings. The molecule has 178 valence electrons. The van der Waals surface area contributed by atoms with Gasteiger partial charge in [-0.25, -0.2) is 9.07 Å². The third-order valence-electron chi connectivity index (χ3n) is 6.07. The molecular formula is C26H24FN5O2S. The van der Waals surface area contributed by atoms with Gasteiger partial charge in [-0.15, -0.1) is 0 Å². The van der Waals surface area contributed by atoms with Gasteiger partial charge in [0.15, 0.2) is 6.80 Å². The zero-order valence-electron chi connectivity index (χ0n) is 19.4.